The van der Waals surface area contributed by atoms with E-state index in [-0.39, 0.29) is 25.3 Å². The highest BCUT2D eigenvalue weighted by atomic mass is 16.5. The molecule has 0 unspecified atom stereocenters. The second-order valence-electron chi connectivity index (χ2n) is 6.17. The van der Waals surface area contributed by atoms with E-state index in [1.807, 2.05) is 30.3 Å². The molecule has 0 aliphatic carbocycles. The first-order valence-corrected chi connectivity index (χ1v) is 9.20. The van der Waals surface area contributed by atoms with Crippen LogP contribution in [0.15, 0.2) is 60.7 Å². The van der Waals surface area contributed by atoms with Gasteiger partial charge in [-0.15, -0.1) is 0 Å². The lowest BCUT2D eigenvalue weighted by molar-refractivity contribution is -0.144. The van der Waals surface area contributed by atoms with Crippen LogP contribution >= 0.6 is 0 Å². The minimum atomic E-state index is -0.543. The molecule has 0 radical (unpaired) electrons. The Morgan fingerprint density at radius 2 is 1.72 bits per heavy atom. The van der Waals surface area contributed by atoms with Crippen LogP contribution in [0, 0.1) is 0 Å². The van der Waals surface area contributed by atoms with Crippen LogP contribution in [0.3, 0.4) is 0 Å². The lowest BCUT2D eigenvalue weighted by atomic mass is 10.2. The van der Waals surface area contributed by atoms with E-state index in [0.29, 0.717) is 17.1 Å². The van der Waals surface area contributed by atoms with Crippen molar-refractivity contribution in [1.29, 1.82) is 0 Å². The maximum atomic E-state index is 12.4. The number of aromatic nitrogens is 2. The number of benzene rings is 2. The fourth-order valence-electron chi connectivity index (χ4n) is 2.73. The summed E-state index contributed by atoms with van der Waals surface area (Å²) < 4.78 is 17.1. The monoisotopic (exact) mass is 394 g/mol. The van der Waals surface area contributed by atoms with E-state index in [1.165, 1.54) is 4.68 Å². The molecule has 1 heterocycles. The van der Waals surface area contributed by atoms with Gasteiger partial charge in [-0.25, -0.2) is 9.48 Å². The van der Waals surface area contributed by atoms with E-state index in [1.54, 1.807) is 44.4 Å². The molecule has 3 aromatic rings. The number of nitrogens with zero attached hydrogens (tertiary/aromatic N) is 2. The van der Waals surface area contributed by atoms with Gasteiger partial charge >= 0.3 is 11.9 Å². The normalized spacial score (nSPS) is 10.4. The van der Waals surface area contributed by atoms with Gasteiger partial charge in [0.05, 0.1) is 31.5 Å². The van der Waals surface area contributed by atoms with Crippen molar-refractivity contribution in [2.75, 3.05) is 13.7 Å². The van der Waals surface area contributed by atoms with Gasteiger partial charge in [0.2, 0.25) is 0 Å². The van der Waals surface area contributed by atoms with Gasteiger partial charge in [0.25, 0.3) is 0 Å². The van der Waals surface area contributed by atoms with Crippen molar-refractivity contribution in [3.8, 4) is 11.4 Å². The lowest BCUT2D eigenvalue weighted by Gasteiger charge is -2.09. The fraction of sp³-hybridized carbons (Fsp3) is 0.227. The van der Waals surface area contributed by atoms with Crippen LogP contribution < -0.4 is 4.74 Å². The molecule has 0 fully saturated rings. The Bertz CT molecular complexity index is 965. The SMILES string of the molecule is CCOC(=O)c1cc(CC(=O)OCc2ccccc2)n(-c2ccc(OC)cc2)n1. The zero-order chi connectivity index (χ0) is 20.6. The summed E-state index contributed by atoms with van der Waals surface area (Å²) in [5, 5.41) is 4.32. The Labute approximate surface area is 168 Å². The number of hydrogen-bond acceptors (Lipinski definition) is 6. The van der Waals surface area contributed by atoms with Crippen LogP contribution in [0.2, 0.25) is 0 Å². The molecule has 7 heteroatoms. The summed E-state index contributed by atoms with van der Waals surface area (Å²) in [5.74, 6) is -0.270. The average molecular weight is 394 g/mol. The first-order valence-electron chi connectivity index (χ1n) is 9.20. The van der Waals surface area contributed by atoms with Gasteiger partial charge in [0, 0.05) is 0 Å². The van der Waals surface area contributed by atoms with Crippen molar-refractivity contribution in [2.24, 2.45) is 0 Å². The van der Waals surface area contributed by atoms with Crippen LogP contribution in [-0.2, 0) is 27.3 Å². The van der Waals surface area contributed by atoms with Crippen LogP contribution in [0.5, 0.6) is 5.75 Å². The van der Waals surface area contributed by atoms with Crippen molar-refractivity contribution in [1.82, 2.24) is 9.78 Å². The van der Waals surface area contributed by atoms with E-state index >= 15 is 0 Å². The number of carbonyl (C=O) groups is 2. The van der Waals surface area contributed by atoms with Crippen molar-refractivity contribution >= 4 is 11.9 Å². The first kappa shape index (κ1) is 20.1. The highest BCUT2D eigenvalue weighted by Crippen LogP contribution is 2.18. The third kappa shape index (κ3) is 5.22. The van der Waals surface area contributed by atoms with E-state index in [0.717, 1.165) is 5.56 Å². The van der Waals surface area contributed by atoms with E-state index in [4.69, 9.17) is 14.2 Å². The van der Waals surface area contributed by atoms with Gasteiger partial charge in [-0.3, -0.25) is 4.79 Å². The molecule has 150 valence electrons. The summed E-state index contributed by atoms with van der Waals surface area (Å²) in [7, 11) is 1.58. The number of rotatable bonds is 8. The predicted molar refractivity (Wildman–Crippen MR) is 106 cm³/mol. The number of ether oxygens (including phenoxy) is 3. The third-order valence-electron chi connectivity index (χ3n) is 4.15. The molecule has 0 spiro atoms. The Kier molecular flexibility index (Phi) is 6.63. The second kappa shape index (κ2) is 9.54. The summed E-state index contributed by atoms with van der Waals surface area (Å²) in [6, 6.07) is 18.1. The van der Waals surface area contributed by atoms with Gasteiger partial charge in [0.1, 0.15) is 12.4 Å². The van der Waals surface area contributed by atoms with Crippen molar-refractivity contribution in [3.63, 3.8) is 0 Å². The second-order valence-corrected chi connectivity index (χ2v) is 6.17. The molecule has 0 atom stereocenters. The lowest BCUT2D eigenvalue weighted by Crippen LogP contribution is -2.12. The maximum Gasteiger partial charge on any atom is 0.358 e. The van der Waals surface area contributed by atoms with E-state index in [2.05, 4.69) is 5.10 Å². The summed E-state index contributed by atoms with van der Waals surface area (Å²) in [5.41, 5.74) is 2.24. The topological polar surface area (TPSA) is 79.7 Å². The molecule has 3 rings (SSSR count). The largest absolute Gasteiger partial charge is 0.497 e. The third-order valence-corrected chi connectivity index (χ3v) is 4.15. The maximum absolute atomic E-state index is 12.4. The van der Waals surface area contributed by atoms with Gasteiger partial charge in [-0.05, 0) is 42.8 Å². The van der Waals surface area contributed by atoms with Crippen LogP contribution in [0.4, 0.5) is 0 Å². The summed E-state index contributed by atoms with van der Waals surface area (Å²) in [4.78, 5) is 24.5. The summed E-state index contributed by atoms with van der Waals surface area (Å²) in [6.45, 7) is 2.14. The average Bonchev–Trinajstić information content (AvgIpc) is 3.17. The van der Waals surface area contributed by atoms with Gasteiger partial charge < -0.3 is 14.2 Å². The van der Waals surface area contributed by atoms with Gasteiger partial charge in [0.15, 0.2) is 5.69 Å². The molecule has 0 N–H and O–H groups in total. The predicted octanol–water partition coefficient (Wildman–Crippen LogP) is 3.34. The Balaban J connectivity index is 1.80. The number of carbonyl (C=O) groups excluding carboxylic acids is 2. The van der Waals surface area contributed by atoms with Gasteiger partial charge in [-0.2, -0.15) is 5.10 Å². The molecule has 0 aliphatic heterocycles. The zero-order valence-corrected chi connectivity index (χ0v) is 16.3. The van der Waals surface area contributed by atoms with Crippen molar-refractivity contribution in [2.45, 2.75) is 20.0 Å². The summed E-state index contributed by atoms with van der Waals surface area (Å²) in [6.07, 6.45) is -0.0364. The minimum Gasteiger partial charge on any atom is -0.497 e. The molecular weight excluding hydrogens is 372 g/mol. The number of esters is 2. The molecule has 0 saturated carbocycles. The highest BCUT2D eigenvalue weighted by Gasteiger charge is 2.19. The Hall–Kier alpha value is -3.61. The molecule has 0 aliphatic rings. The van der Waals surface area contributed by atoms with E-state index < -0.39 is 11.9 Å². The van der Waals surface area contributed by atoms with E-state index in [9.17, 15) is 9.59 Å². The minimum absolute atomic E-state index is 0.0364. The Morgan fingerprint density at radius 3 is 2.38 bits per heavy atom. The molecule has 2 aromatic carbocycles. The molecule has 1 aromatic heterocycles. The smallest absolute Gasteiger partial charge is 0.358 e. The van der Waals surface area contributed by atoms with Crippen LogP contribution in [0.1, 0.15) is 28.7 Å². The summed E-state index contributed by atoms with van der Waals surface area (Å²) >= 11 is 0. The number of hydrogen-bond donors (Lipinski definition) is 0. The molecule has 7 nitrogen and oxygen atoms in total. The van der Waals surface area contributed by atoms with Crippen LogP contribution in [-0.4, -0.2) is 35.4 Å². The quantitative estimate of drug-likeness (QED) is 0.545. The Morgan fingerprint density at radius 1 is 1.00 bits per heavy atom. The van der Waals surface area contributed by atoms with Crippen LogP contribution in [0.25, 0.3) is 5.69 Å². The molecular formula is C22H22N2O5. The fourth-order valence-corrected chi connectivity index (χ4v) is 2.73. The first-order chi connectivity index (χ1) is 14.1. The van der Waals surface area contributed by atoms with Crippen molar-refractivity contribution < 1.29 is 23.8 Å². The molecule has 0 saturated heterocycles. The molecule has 0 amide bonds. The molecule has 0 bridgehead atoms. The van der Waals surface area contributed by atoms with Crippen molar-refractivity contribution in [3.05, 3.63) is 77.6 Å². The van der Waals surface area contributed by atoms with Gasteiger partial charge in [-0.1, -0.05) is 30.3 Å². The standard InChI is InChI=1S/C22H22N2O5/c1-3-28-22(26)20-13-18(14-21(25)29-15-16-7-5-4-6-8-16)24(23-20)17-9-11-19(27-2)12-10-17/h4-13H,3,14-15H2,1-2H3. The number of methoxy groups -OCH3 is 1. The highest BCUT2D eigenvalue weighted by molar-refractivity contribution is 5.87. The molecule has 29 heavy (non-hydrogen) atoms. The zero-order valence-electron chi connectivity index (χ0n) is 16.3.